The van der Waals surface area contributed by atoms with E-state index in [1.54, 1.807) is 10.9 Å². The molecule has 0 fully saturated rings. The van der Waals surface area contributed by atoms with Gasteiger partial charge in [0.1, 0.15) is 6.35 Å². The zero-order valence-electron chi connectivity index (χ0n) is 13.1. The Bertz CT molecular complexity index is 711. The molecule has 0 bridgehead atoms. The number of hydrogen-bond donors (Lipinski definition) is 3. The van der Waals surface area contributed by atoms with Gasteiger partial charge in [-0.2, -0.15) is 9.97 Å². The first-order valence-corrected chi connectivity index (χ1v) is 9.01. The largest absolute Gasteiger partial charge is 0.368 e. The summed E-state index contributed by atoms with van der Waals surface area (Å²) in [5.74, 6) is 0.824. The van der Waals surface area contributed by atoms with Crippen molar-refractivity contribution >= 4 is 30.5 Å². The third-order valence-electron chi connectivity index (χ3n) is 3.26. The number of nitrogens with zero attached hydrogens (tertiary/aromatic N) is 5. The summed E-state index contributed by atoms with van der Waals surface area (Å²) in [6, 6.07) is 0. The molecule has 4 N–H and O–H groups in total. The fourth-order valence-electron chi connectivity index (χ4n) is 2.20. The molecule has 0 saturated carbocycles. The van der Waals surface area contributed by atoms with E-state index in [9.17, 15) is 4.57 Å². The first-order valence-electron chi connectivity index (χ1n) is 7.21. The lowest BCUT2D eigenvalue weighted by Crippen LogP contribution is -2.24. The maximum Gasteiger partial charge on any atom is 0.350 e. The molecule has 23 heavy (non-hydrogen) atoms. The second-order valence-electron chi connectivity index (χ2n) is 4.89. The number of anilines is 2. The zero-order chi connectivity index (χ0) is 17.0. The lowest BCUT2D eigenvalue weighted by atomic mass is 10.4. The Morgan fingerprint density at radius 3 is 2.65 bits per heavy atom. The first-order chi connectivity index (χ1) is 10.9. The van der Waals surface area contributed by atoms with E-state index in [4.69, 9.17) is 20.3 Å². The summed E-state index contributed by atoms with van der Waals surface area (Å²) in [5, 5.41) is 0. The summed E-state index contributed by atoms with van der Waals surface area (Å²) in [7, 11) is -4.16. The van der Waals surface area contributed by atoms with Crippen LogP contribution in [0.3, 0.4) is 0 Å². The van der Waals surface area contributed by atoms with Crippen LogP contribution >= 0.6 is 7.60 Å². The Balaban J connectivity index is 2.21. The van der Waals surface area contributed by atoms with Crippen molar-refractivity contribution < 1.29 is 19.1 Å². The van der Waals surface area contributed by atoms with E-state index < -0.39 is 13.9 Å². The van der Waals surface area contributed by atoms with Crippen LogP contribution in [-0.4, -0.2) is 55.4 Å². The summed E-state index contributed by atoms with van der Waals surface area (Å²) < 4.78 is 17.4. The van der Waals surface area contributed by atoms with Gasteiger partial charge in [-0.15, -0.1) is 0 Å². The molecule has 0 aliphatic carbocycles. The lowest BCUT2D eigenvalue weighted by Gasteiger charge is -2.20. The predicted molar refractivity (Wildman–Crippen MR) is 86.2 cm³/mol. The van der Waals surface area contributed by atoms with Gasteiger partial charge in [-0.3, -0.25) is 4.57 Å². The Morgan fingerprint density at radius 2 is 2.04 bits per heavy atom. The van der Waals surface area contributed by atoms with Crippen molar-refractivity contribution in [2.24, 2.45) is 0 Å². The van der Waals surface area contributed by atoms with Crippen molar-refractivity contribution in [3.05, 3.63) is 6.33 Å². The maximum atomic E-state index is 10.7. The van der Waals surface area contributed by atoms with Crippen molar-refractivity contribution in [2.75, 3.05) is 36.7 Å². The van der Waals surface area contributed by atoms with Gasteiger partial charge >= 0.3 is 7.60 Å². The summed E-state index contributed by atoms with van der Waals surface area (Å²) in [5.41, 5.74) is 6.99. The van der Waals surface area contributed by atoms with Crippen molar-refractivity contribution in [1.29, 1.82) is 0 Å². The summed E-state index contributed by atoms with van der Waals surface area (Å²) in [6.45, 7) is 6.04. The standard InChI is InChI=1S/C12H21N6O4P/c1-3-17(4-2)10-9-11(16-12(13)15-10)18(7-14-9)5-6-22-8-23(19,20)21/h7H,3-6,8H2,1-2H3,(H2,13,15,16)(H2,19,20,21). The Hall–Kier alpha value is -1.74. The van der Waals surface area contributed by atoms with Crippen LogP contribution in [0, 0.1) is 0 Å². The number of aromatic nitrogens is 4. The van der Waals surface area contributed by atoms with Crippen molar-refractivity contribution in [3.8, 4) is 0 Å². The smallest absolute Gasteiger partial charge is 0.350 e. The molecule has 2 rings (SSSR count). The van der Waals surface area contributed by atoms with E-state index in [1.807, 2.05) is 18.7 Å². The van der Waals surface area contributed by atoms with Gasteiger partial charge in [0, 0.05) is 19.6 Å². The number of rotatable bonds is 8. The van der Waals surface area contributed by atoms with Crippen LogP contribution < -0.4 is 10.6 Å². The number of fused-ring (bicyclic) bond motifs is 1. The Labute approximate surface area is 133 Å². The molecule has 2 heterocycles. The predicted octanol–water partition coefficient (Wildman–Crippen LogP) is 0.406. The van der Waals surface area contributed by atoms with E-state index in [-0.39, 0.29) is 12.6 Å². The number of nitrogens with two attached hydrogens (primary N) is 1. The van der Waals surface area contributed by atoms with Gasteiger partial charge in [-0.25, -0.2) is 4.98 Å². The number of hydrogen-bond acceptors (Lipinski definition) is 7. The van der Waals surface area contributed by atoms with E-state index in [0.29, 0.717) is 23.5 Å². The van der Waals surface area contributed by atoms with E-state index in [1.165, 1.54) is 0 Å². The minimum absolute atomic E-state index is 0.126. The SMILES string of the molecule is CCN(CC)c1nc(N)nc2c1ncn2CCOCP(=O)(O)O. The quantitative estimate of drug-likeness (QED) is 0.458. The molecule has 11 heteroatoms. The Kier molecular flexibility index (Phi) is 5.53. The van der Waals surface area contributed by atoms with Crippen LogP contribution in [0.1, 0.15) is 13.8 Å². The lowest BCUT2D eigenvalue weighted by molar-refractivity contribution is 0.149. The normalized spacial score (nSPS) is 12.0. The number of nitrogen functional groups attached to an aromatic ring is 1. The monoisotopic (exact) mass is 344 g/mol. The second kappa shape index (κ2) is 7.22. The molecule has 2 aromatic heterocycles. The van der Waals surface area contributed by atoms with Gasteiger partial charge < -0.3 is 29.7 Å². The molecule has 0 aliphatic heterocycles. The van der Waals surface area contributed by atoms with Gasteiger partial charge in [-0.1, -0.05) is 0 Å². The molecule has 0 atom stereocenters. The van der Waals surface area contributed by atoms with E-state index in [2.05, 4.69) is 15.0 Å². The highest BCUT2D eigenvalue weighted by Gasteiger charge is 2.16. The van der Waals surface area contributed by atoms with Gasteiger partial charge in [-0.05, 0) is 13.8 Å². The van der Waals surface area contributed by atoms with E-state index >= 15 is 0 Å². The molecule has 0 aromatic carbocycles. The third-order valence-corrected chi connectivity index (χ3v) is 3.78. The van der Waals surface area contributed by atoms with E-state index in [0.717, 1.165) is 13.1 Å². The molecule has 2 aromatic rings. The molecule has 0 aliphatic rings. The third kappa shape index (κ3) is 4.38. The maximum absolute atomic E-state index is 10.7. The average Bonchev–Trinajstić information content (AvgIpc) is 2.87. The minimum Gasteiger partial charge on any atom is -0.368 e. The molecule has 0 radical (unpaired) electrons. The second-order valence-corrected chi connectivity index (χ2v) is 6.48. The van der Waals surface area contributed by atoms with Crippen molar-refractivity contribution in [2.45, 2.75) is 20.4 Å². The van der Waals surface area contributed by atoms with Crippen LogP contribution in [0.25, 0.3) is 11.2 Å². The highest BCUT2D eigenvalue weighted by atomic mass is 31.2. The fraction of sp³-hybridized carbons (Fsp3) is 0.583. The summed E-state index contributed by atoms with van der Waals surface area (Å²) >= 11 is 0. The van der Waals surface area contributed by atoms with Crippen LogP contribution in [0.5, 0.6) is 0 Å². The summed E-state index contributed by atoms with van der Waals surface area (Å²) in [6.07, 6.45) is 0.980. The molecule has 0 unspecified atom stereocenters. The fourth-order valence-corrected chi connectivity index (χ4v) is 2.57. The molecule has 0 spiro atoms. The number of imidazole rings is 1. The minimum atomic E-state index is -4.16. The highest BCUT2D eigenvalue weighted by Crippen LogP contribution is 2.33. The van der Waals surface area contributed by atoms with Crippen LogP contribution in [0.2, 0.25) is 0 Å². The van der Waals surface area contributed by atoms with Gasteiger partial charge in [0.25, 0.3) is 0 Å². The molecule has 128 valence electrons. The average molecular weight is 344 g/mol. The molecule has 0 saturated heterocycles. The topological polar surface area (TPSA) is 140 Å². The van der Waals surface area contributed by atoms with Gasteiger partial charge in [0.05, 0.1) is 12.9 Å². The van der Waals surface area contributed by atoms with Gasteiger partial charge in [0.2, 0.25) is 5.95 Å². The van der Waals surface area contributed by atoms with Crippen LogP contribution in [-0.2, 0) is 15.8 Å². The number of ether oxygens (including phenoxy) is 1. The summed E-state index contributed by atoms with van der Waals surface area (Å²) in [4.78, 5) is 32.4. The molecular formula is C12H21N6O4P. The first kappa shape index (κ1) is 17.6. The molecule has 10 nitrogen and oxygen atoms in total. The van der Waals surface area contributed by atoms with Crippen LogP contribution in [0.4, 0.5) is 11.8 Å². The molecule has 0 amide bonds. The van der Waals surface area contributed by atoms with Gasteiger partial charge in [0.15, 0.2) is 17.0 Å². The van der Waals surface area contributed by atoms with Crippen molar-refractivity contribution in [3.63, 3.8) is 0 Å². The highest BCUT2D eigenvalue weighted by molar-refractivity contribution is 7.51. The Morgan fingerprint density at radius 1 is 1.35 bits per heavy atom. The van der Waals surface area contributed by atoms with Crippen molar-refractivity contribution in [1.82, 2.24) is 19.5 Å². The molecular weight excluding hydrogens is 323 g/mol. The zero-order valence-corrected chi connectivity index (χ0v) is 14.0. The van der Waals surface area contributed by atoms with Crippen LogP contribution in [0.15, 0.2) is 6.33 Å².